The molecule has 0 aliphatic carbocycles. The quantitative estimate of drug-likeness (QED) is 0.878. The molecule has 0 atom stereocenters. The summed E-state index contributed by atoms with van der Waals surface area (Å²) in [5.41, 5.74) is 2.87. The molecule has 21 heavy (non-hydrogen) atoms. The van der Waals surface area contributed by atoms with Crippen LogP contribution in [0.15, 0.2) is 54.6 Å². The van der Waals surface area contributed by atoms with Gasteiger partial charge in [0.1, 0.15) is 6.10 Å². The summed E-state index contributed by atoms with van der Waals surface area (Å²) in [7, 11) is 0. The van der Waals surface area contributed by atoms with Crippen LogP contribution in [0, 0.1) is 0 Å². The van der Waals surface area contributed by atoms with Crippen molar-refractivity contribution >= 4 is 5.97 Å². The zero-order valence-corrected chi connectivity index (χ0v) is 11.9. The fourth-order valence-corrected chi connectivity index (χ4v) is 2.56. The van der Waals surface area contributed by atoms with E-state index in [1.165, 1.54) is 0 Å². The Balaban J connectivity index is 1.67. The minimum atomic E-state index is -0.221. The Bertz CT molecular complexity index is 586. The zero-order chi connectivity index (χ0) is 14.5. The summed E-state index contributed by atoms with van der Waals surface area (Å²) in [6.07, 6.45) is 1.84. The highest BCUT2D eigenvalue weighted by Gasteiger charge is 2.18. The molecule has 0 unspecified atom stereocenters. The van der Waals surface area contributed by atoms with E-state index in [0.29, 0.717) is 5.56 Å². The van der Waals surface area contributed by atoms with Crippen LogP contribution in [0.4, 0.5) is 0 Å². The van der Waals surface area contributed by atoms with E-state index in [9.17, 15) is 4.79 Å². The van der Waals surface area contributed by atoms with Crippen LogP contribution in [-0.4, -0.2) is 25.2 Å². The summed E-state index contributed by atoms with van der Waals surface area (Å²) in [6, 6.07) is 17.7. The van der Waals surface area contributed by atoms with Crippen molar-refractivity contribution in [1.29, 1.82) is 0 Å². The first kappa shape index (κ1) is 13.8. The monoisotopic (exact) mass is 281 g/mol. The van der Waals surface area contributed by atoms with Gasteiger partial charge in [-0.25, -0.2) is 4.79 Å². The van der Waals surface area contributed by atoms with Crippen molar-refractivity contribution in [3.63, 3.8) is 0 Å². The number of carbonyl (C=O) groups excluding carboxylic acids is 1. The molecule has 2 aromatic carbocycles. The van der Waals surface area contributed by atoms with Crippen LogP contribution in [0.5, 0.6) is 0 Å². The summed E-state index contributed by atoms with van der Waals surface area (Å²) in [6.45, 7) is 1.84. The van der Waals surface area contributed by atoms with Gasteiger partial charge in [0.25, 0.3) is 0 Å². The van der Waals surface area contributed by atoms with Crippen molar-refractivity contribution in [2.75, 3.05) is 13.1 Å². The van der Waals surface area contributed by atoms with Crippen LogP contribution >= 0.6 is 0 Å². The van der Waals surface area contributed by atoms with E-state index >= 15 is 0 Å². The van der Waals surface area contributed by atoms with Gasteiger partial charge in [-0.2, -0.15) is 0 Å². The highest BCUT2D eigenvalue weighted by Crippen LogP contribution is 2.20. The van der Waals surface area contributed by atoms with Crippen molar-refractivity contribution in [2.24, 2.45) is 0 Å². The molecule has 0 aromatic heterocycles. The van der Waals surface area contributed by atoms with Crippen LogP contribution in [-0.2, 0) is 4.74 Å². The van der Waals surface area contributed by atoms with E-state index in [2.05, 4.69) is 17.4 Å². The molecule has 0 bridgehead atoms. The molecule has 3 nitrogen and oxygen atoms in total. The molecule has 0 radical (unpaired) electrons. The second-order valence-electron chi connectivity index (χ2n) is 5.30. The van der Waals surface area contributed by atoms with Gasteiger partial charge in [0.2, 0.25) is 0 Å². The molecule has 1 heterocycles. The first-order valence-corrected chi connectivity index (χ1v) is 7.40. The van der Waals surface area contributed by atoms with Gasteiger partial charge in [-0.05, 0) is 49.2 Å². The molecule has 3 rings (SSSR count). The van der Waals surface area contributed by atoms with E-state index in [4.69, 9.17) is 4.74 Å². The first-order valence-electron chi connectivity index (χ1n) is 7.40. The first-order chi connectivity index (χ1) is 10.3. The zero-order valence-electron chi connectivity index (χ0n) is 11.9. The third-order valence-electron chi connectivity index (χ3n) is 3.79. The van der Waals surface area contributed by atoms with E-state index in [1.807, 2.05) is 42.5 Å². The molecule has 0 spiro atoms. The Kier molecular flexibility index (Phi) is 4.31. The Morgan fingerprint density at radius 3 is 2.19 bits per heavy atom. The van der Waals surface area contributed by atoms with Crippen LogP contribution in [0.3, 0.4) is 0 Å². The summed E-state index contributed by atoms with van der Waals surface area (Å²) in [5, 5.41) is 3.26. The minimum absolute atomic E-state index is 0.0487. The highest BCUT2D eigenvalue weighted by molar-refractivity contribution is 5.90. The van der Waals surface area contributed by atoms with Crippen LogP contribution in [0.2, 0.25) is 0 Å². The summed E-state index contributed by atoms with van der Waals surface area (Å²) >= 11 is 0. The number of ether oxygens (including phenoxy) is 1. The Labute approximate surface area is 124 Å². The standard InChI is InChI=1S/C18H19NO2/c20-18(21-17-10-12-19-13-11-17)16-8-6-15(7-9-16)14-4-2-1-3-5-14/h1-9,17,19H,10-13H2. The second kappa shape index (κ2) is 6.55. The normalized spacial score (nSPS) is 15.6. The number of esters is 1. The molecule has 3 heteroatoms. The average molecular weight is 281 g/mol. The van der Waals surface area contributed by atoms with Gasteiger partial charge < -0.3 is 10.1 Å². The predicted octanol–water partition coefficient (Wildman–Crippen LogP) is 3.26. The number of piperidine rings is 1. The van der Waals surface area contributed by atoms with E-state index < -0.39 is 0 Å². The fraction of sp³-hybridized carbons (Fsp3) is 0.278. The van der Waals surface area contributed by atoms with Gasteiger partial charge in [-0.3, -0.25) is 0 Å². The van der Waals surface area contributed by atoms with Gasteiger partial charge in [0, 0.05) is 0 Å². The van der Waals surface area contributed by atoms with Crippen molar-refractivity contribution in [1.82, 2.24) is 5.32 Å². The summed E-state index contributed by atoms with van der Waals surface area (Å²) in [4.78, 5) is 12.1. The number of hydrogen-bond donors (Lipinski definition) is 1. The van der Waals surface area contributed by atoms with Crippen molar-refractivity contribution in [3.8, 4) is 11.1 Å². The van der Waals surface area contributed by atoms with Gasteiger partial charge in [-0.15, -0.1) is 0 Å². The number of benzene rings is 2. The maximum absolute atomic E-state index is 12.1. The van der Waals surface area contributed by atoms with Crippen LogP contribution < -0.4 is 5.32 Å². The Morgan fingerprint density at radius 2 is 1.52 bits per heavy atom. The molecule has 1 aliphatic rings. The van der Waals surface area contributed by atoms with Crippen molar-refractivity contribution in [2.45, 2.75) is 18.9 Å². The van der Waals surface area contributed by atoms with Gasteiger partial charge in [0.15, 0.2) is 0 Å². The maximum atomic E-state index is 12.1. The molecule has 0 saturated carbocycles. The molecule has 2 aromatic rings. The maximum Gasteiger partial charge on any atom is 0.338 e. The van der Waals surface area contributed by atoms with Crippen LogP contribution in [0.1, 0.15) is 23.2 Å². The molecular weight excluding hydrogens is 262 g/mol. The fourth-order valence-electron chi connectivity index (χ4n) is 2.56. The Morgan fingerprint density at radius 1 is 0.905 bits per heavy atom. The molecule has 0 amide bonds. The average Bonchev–Trinajstić information content (AvgIpc) is 2.57. The molecule has 1 fully saturated rings. The molecule has 1 N–H and O–H groups in total. The smallest absolute Gasteiger partial charge is 0.338 e. The largest absolute Gasteiger partial charge is 0.459 e. The minimum Gasteiger partial charge on any atom is -0.459 e. The third-order valence-corrected chi connectivity index (χ3v) is 3.79. The SMILES string of the molecule is O=C(OC1CCNCC1)c1ccc(-c2ccccc2)cc1. The molecule has 108 valence electrons. The van der Waals surface area contributed by atoms with Crippen molar-refractivity contribution < 1.29 is 9.53 Å². The Hall–Kier alpha value is -2.13. The summed E-state index contributed by atoms with van der Waals surface area (Å²) in [5.74, 6) is -0.221. The van der Waals surface area contributed by atoms with Crippen LogP contribution in [0.25, 0.3) is 11.1 Å². The second-order valence-corrected chi connectivity index (χ2v) is 5.30. The van der Waals surface area contributed by atoms with Gasteiger partial charge >= 0.3 is 5.97 Å². The lowest BCUT2D eigenvalue weighted by molar-refractivity contribution is 0.0229. The van der Waals surface area contributed by atoms with Gasteiger partial charge in [-0.1, -0.05) is 42.5 Å². The number of rotatable bonds is 3. The predicted molar refractivity (Wildman–Crippen MR) is 83.2 cm³/mol. The molecule has 1 aliphatic heterocycles. The number of carbonyl (C=O) groups is 1. The highest BCUT2D eigenvalue weighted by atomic mass is 16.5. The van der Waals surface area contributed by atoms with Crippen molar-refractivity contribution in [3.05, 3.63) is 60.2 Å². The molecular formula is C18H19NO2. The van der Waals surface area contributed by atoms with E-state index in [0.717, 1.165) is 37.1 Å². The summed E-state index contributed by atoms with van der Waals surface area (Å²) < 4.78 is 5.54. The van der Waals surface area contributed by atoms with E-state index in [-0.39, 0.29) is 12.1 Å². The number of nitrogens with one attached hydrogen (secondary N) is 1. The topological polar surface area (TPSA) is 38.3 Å². The lowest BCUT2D eigenvalue weighted by atomic mass is 10.0. The number of hydrogen-bond acceptors (Lipinski definition) is 3. The van der Waals surface area contributed by atoms with Gasteiger partial charge in [0.05, 0.1) is 5.56 Å². The third kappa shape index (κ3) is 3.50. The lowest BCUT2D eigenvalue weighted by Gasteiger charge is -2.22. The molecule has 1 saturated heterocycles. The van der Waals surface area contributed by atoms with E-state index in [1.54, 1.807) is 0 Å². The lowest BCUT2D eigenvalue weighted by Crippen LogP contribution is -2.33.